The quantitative estimate of drug-likeness (QED) is 0.565. The number of rotatable bonds is 11. The second-order valence-corrected chi connectivity index (χ2v) is 8.51. The van der Waals surface area contributed by atoms with Gasteiger partial charge in [-0.3, -0.25) is 9.10 Å². The fourth-order valence-corrected chi connectivity index (χ4v) is 4.04. The van der Waals surface area contributed by atoms with Crippen molar-refractivity contribution in [3.63, 3.8) is 0 Å². The maximum Gasteiger partial charge on any atom is 0.264 e. The Bertz CT molecular complexity index is 885. The van der Waals surface area contributed by atoms with Crippen LogP contribution in [-0.4, -0.2) is 47.2 Å². The van der Waals surface area contributed by atoms with E-state index in [2.05, 4.69) is 5.32 Å². The van der Waals surface area contributed by atoms with Crippen LogP contribution in [0.25, 0.3) is 0 Å². The number of anilines is 1. The topological polar surface area (TPSA) is 84.9 Å². The summed E-state index contributed by atoms with van der Waals surface area (Å²) in [6.45, 7) is 4.48. The molecule has 0 spiro atoms. The van der Waals surface area contributed by atoms with Gasteiger partial charge in [0.05, 0.1) is 23.8 Å². The average molecular weight is 421 g/mol. The first-order valence-corrected chi connectivity index (χ1v) is 10.9. The smallest absolute Gasteiger partial charge is 0.264 e. The summed E-state index contributed by atoms with van der Waals surface area (Å²) in [5, 5.41) is 2.75. The van der Waals surface area contributed by atoms with Crippen molar-refractivity contribution in [2.24, 2.45) is 0 Å². The highest BCUT2D eigenvalue weighted by atomic mass is 32.2. The summed E-state index contributed by atoms with van der Waals surface area (Å²) in [6.07, 6.45) is 0.777. The first-order valence-electron chi connectivity index (χ1n) is 9.44. The van der Waals surface area contributed by atoms with Crippen molar-refractivity contribution >= 4 is 21.6 Å². The van der Waals surface area contributed by atoms with E-state index in [-0.39, 0.29) is 17.5 Å². The van der Waals surface area contributed by atoms with E-state index in [1.54, 1.807) is 42.5 Å². The minimum absolute atomic E-state index is 0.112. The third-order valence-electron chi connectivity index (χ3n) is 4.05. The lowest BCUT2D eigenvalue weighted by molar-refractivity contribution is -0.119. The lowest BCUT2D eigenvalue weighted by atomic mass is 10.3. The van der Waals surface area contributed by atoms with Crippen molar-refractivity contribution in [3.8, 4) is 5.75 Å². The summed E-state index contributed by atoms with van der Waals surface area (Å²) in [6, 6.07) is 14.6. The van der Waals surface area contributed by atoms with Crippen LogP contribution in [0.5, 0.6) is 5.75 Å². The summed E-state index contributed by atoms with van der Waals surface area (Å²) in [7, 11) is -2.43. The zero-order valence-electron chi connectivity index (χ0n) is 17.0. The molecule has 2 aromatic carbocycles. The zero-order valence-corrected chi connectivity index (χ0v) is 17.8. The number of ether oxygens (including phenoxy) is 2. The molecule has 0 fully saturated rings. The molecule has 0 atom stereocenters. The second-order valence-electron chi connectivity index (χ2n) is 6.65. The Morgan fingerprint density at radius 3 is 2.48 bits per heavy atom. The Labute approximate surface area is 172 Å². The minimum atomic E-state index is -3.93. The monoisotopic (exact) mass is 420 g/mol. The molecule has 0 heterocycles. The predicted octanol–water partition coefficient (Wildman–Crippen LogP) is 2.82. The highest BCUT2D eigenvalue weighted by Gasteiger charge is 2.27. The molecule has 0 radical (unpaired) electrons. The van der Waals surface area contributed by atoms with E-state index in [0.717, 1.165) is 4.31 Å². The fourth-order valence-electron chi connectivity index (χ4n) is 2.61. The molecular formula is C21H28N2O5S. The number of carbonyl (C=O) groups excluding carboxylic acids is 1. The van der Waals surface area contributed by atoms with Crippen molar-refractivity contribution in [1.29, 1.82) is 0 Å². The van der Waals surface area contributed by atoms with Crippen molar-refractivity contribution < 1.29 is 22.7 Å². The highest BCUT2D eigenvalue weighted by Crippen LogP contribution is 2.26. The van der Waals surface area contributed by atoms with Crippen LogP contribution in [0.3, 0.4) is 0 Å². The van der Waals surface area contributed by atoms with Crippen LogP contribution in [-0.2, 0) is 19.6 Å². The number of amides is 1. The molecule has 0 aliphatic rings. The molecule has 158 valence electrons. The normalized spacial score (nSPS) is 11.3. The molecule has 0 aliphatic carbocycles. The molecule has 1 N–H and O–H groups in total. The van der Waals surface area contributed by atoms with E-state index in [0.29, 0.717) is 31.0 Å². The third-order valence-corrected chi connectivity index (χ3v) is 5.84. The van der Waals surface area contributed by atoms with Crippen LogP contribution in [0.1, 0.15) is 20.3 Å². The fraction of sp³-hybridized carbons (Fsp3) is 0.381. The van der Waals surface area contributed by atoms with E-state index >= 15 is 0 Å². The van der Waals surface area contributed by atoms with Crippen LogP contribution in [0.15, 0.2) is 59.5 Å². The molecule has 0 aliphatic heterocycles. The summed E-state index contributed by atoms with van der Waals surface area (Å²) < 4.78 is 38.1. The molecule has 2 aromatic rings. The van der Waals surface area contributed by atoms with Gasteiger partial charge in [0.25, 0.3) is 10.0 Å². The van der Waals surface area contributed by atoms with Crippen LogP contribution >= 0.6 is 0 Å². The Hall–Kier alpha value is -2.58. The van der Waals surface area contributed by atoms with Gasteiger partial charge in [0, 0.05) is 19.2 Å². The first-order chi connectivity index (χ1) is 13.8. The number of methoxy groups -OCH3 is 1. The summed E-state index contributed by atoms with van der Waals surface area (Å²) in [5.74, 6) is 0.110. The highest BCUT2D eigenvalue weighted by molar-refractivity contribution is 7.92. The van der Waals surface area contributed by atoms with Gasteiger partial charge >= 0.3 is 0 Å². The molecule has 7 nitrogen and oxygen atoms in total. The molecule has 1 amide bonds. The largest absolute Gasteiger partial charge is 0.497 e. The average Bonchev–Trinajstić information content (AvgIpc) is 2.72. The van der Waals surface area contributed by atoms with E-state index in [4.69, 9.17) is 9.47 Å². The maximum absolute atomic E-state index is 13.2. The standard InChI is InChI=1S/C21H28N2O5S/c1-17(2)28-14-8-13-22-21(24)16-23(18-9-7-10-19(15-18)27-3)29(25,26)20-11-5-4-6-12-20/h4-7,9-12,15,17H,8,13-14,16H2,1-3H3,(H,22,24). The second kappa shape index (κ2) is 10.8. The number of sulfonamides is 1. The van der Waals surface area contributed by atoms with E-state index in [9.17, 15) is 13.2 Å². The van der Waals surface area contributed by atoms with Gasteiger partial charge in [-0.25, -0.2) is 8.42 Å². The van der Waals surface area contributed by atoms with Gasteiger partial charge in [0.1, 0.15) is 12.3 Å². The van der Waals surface area contributed by atoms with Crippen LogP contribution in [0.4, 0.5) is 5.69 Å². The molecule has 0 unspecified atom stereocenters. The Morgan fingerprint density at radius 2 is 1.83 bits per heavy atom. The van der Waals surface area contributed by atoms with Gasteiger partial charge in [-0.15, -0.1) is 0 Å². The summed E-state index contributed by atoms with van der Waals surface area (Å²) >= 11 is 0. The Morgan fingerprint density at radius 1 is 1.10 bits per heavy atom. The lowest BCUT2D eigenvalue weighted by Gasteiger charge is -2.24. The molecule has 0 saturated carbocycles. The van der Waals surface area contributed by atoms with Crippen LogP contribution in [0, 0.1) is 0 Å². The van der Waals surface area contributed by atoms with E-state index < -0.39 is 15.9 Å². The number of benzene rings is 2. The number of hydrogen-bond donors (Lipinski definition) is 1. The van der Waals surface area contributed by atoms with Crippen molar-refractivity contribution in [1.82, 2.24) is 5.32 Å². The molecule has 8 heteroatoms. The number of hydrogen-bond acceptors (Lipinski definition) is 5. The van der Waals surface area contributed by atoms with Crippen LogP contribution < -0.4 is 14.4 Å². The first kappa shape index (κ1) is 22.7. The van der Waals surface area contributed by atoms with Gasteiger partial charge < -0.3 is 14.8 Å². The Balaban J connectivity index is 2.18. The maximum atomic E-state index is 13.2. The lowest BCUT2D eigenvalue weighted by Crippen LogP contribution is -2.41. The molecular weight excluding hydrogens is 392 g/mol. The summed E-state index contributed by atoms with van der Waals surface area (Å²) in [5.41, 5.74) is 0.353. The zero-order chi connectivity index (χ0) is 21.3. The molecule has 0 aromatic heterocycles. The van der Waals surface area contributed by atoms with Gasteiger partial charge in [-0.1, -0.05) is 24.3 Å². The van der Waals surface area contributed by atoms with Crippen molar-refractivity contribution in [2.45, 2.75) is 31.3 Å². The molecule has 29 heavy (non-hydrogen) atoms. The van der Waals surface area contributed by atoms with Crippen molar-refractivity contribution in [2.75, 3.05) is 31.1 Å². The van der Waals surface area contributed by atoms with E-state index in [1.165, 1.54) is 19.2 Å². The number of carbonyl (C=O) groups is 1. The van der Waals surface area contributed by atoms with Gasteiger partial charge in [0.2, 0.25) is 5.91 Å². The predicted molar refractivity (Wildman–Crippen MR) is 113 cm³/mol. The van der Waals surface area contributed by atoms with Gasteiger partial charge in [0.15, 0.2) is 0 Å². The molecule has 2 rings (SSSR count). The molecule has 0 bridgehead atoms. The minimum Gasteiger partial charge on any atom is -0.497 e. The summed E-state index contributed by atoms with van der Waals surface area (Å²) in [4.78, 5) is 12.6. The SMILES string of the molecule is COc1cccc(N(CC(=O)NCCCOC(C)C)S(=O)(=O)c2ccccc2)c1. The number of nitrogens with zero attached hydrogens (tertiary/aromatic N) is 1. The number of nitrogens with one attached hydrogen (secondary N) is 1. The van der Waals surface area contributed by atoms with Gasteiger partial charge in [-0.05, 0) is 44.5 Å². The Kier molecular flexibility index (Phi) is 8.48. The van der Waals surface area contributed by atoms with Crippen molar-refractivity contribution in [3.05, 3.63) is 54.6 Å². The van der Waals surface area contributed by atoms with Crippen LogP contribution in [0.2, 0.25) is 0 Å². The van der Waals surface area contributed by atoms with Gasteiger partial charge in [-0.2, -0.15) is 0 Å². The third kappa shape index (κ3) is 6.76. The van der Waals surface area contributed by atoms with E-state index in [1.807, 2.05) is 13.8 Å². The molecule has 0 saturated heterocycles.